The summed E-state index contributed by atoms with van der Waals surface area (Å²) in [5.74, 6) is 1.49. The number of amides is 1. The lowest BCUT2D eigenvalue weighted by atomic mass is 10.1. The maximum atomic E-state index is 12.4. The van der Waals surface area contributed by atoms with E-state index in [4.69, 9.17) is 9.51 Å². The van der Waals surface area contributed by atoms with Gasteiger partial charge in [0.05, 0.1) is 11.7 Å². The fourth-order valence-electron chi connectivity index (χ4n) is 3.65. The van der Waals surface area contributed by atoms with Gasteiger partial charge in [0.15, 0.2) is 0 Å². The van der Waals surface area contributed by atoms with E-state index in [1.54, 1.807) is 0 Å². The molecule has 1 aromatic carbocycles. The molecule has 7 heteroatoms. The average molecular weight is 379 g/mol. The van der Waals surface area contributed by atoms with E-state index >= 15 is 0 Å². The van der Waals surface area contributed by atoms with Gasteiger partial charge in [-0.1, -0.05) is 35.5 Å². The minimum atomic E-state index is -0.0332. The molecule has 2 aromatic heterocycles. The first-order valence-electron chi connectivity index (χ1n) is 9.84. The molecule has 3 aromatic rings. The molecular formula is C21H25N5O2. The summed E-state index contributed by atoms with van der Waals surface area (Å²) in [6.45, 7) is 5.85. The number of anilines is 1. The molecule has 28 heavy (non-hydrogen) atoms. The highest BCUT2D eigenvalue weighted by molar-refractivity contribution is 5.88. The van der Waals surface area contributed by atoms with E-state index in [0.717, 1.165) is 48.4 Å². The van der Waals surface area contributed by atoms with Gasteiger partial charge < -0.3 is 14.7 Å². The smallest absolute Gasteiger partial charge is 0.263 e. The molecule has 0 aliphatic carbocycles. The van der Waals surface area contributed by atoms with E-state index in [9.17, 15) is 4.79 Å². The number of hydrogen-bond acceptors (Lipinski definition) is 6. The van der Waals surface area contributed by atoms with E-state index in [0.29, 0.717) is 24.4 Å². The number of benzene rings is 1. The van der Waals surface area contributed by atoms with Crippen molar-refractivity contribution in [2.24, 2.45) is 0 Å². The Morgan fingerprint density at radius 2 is 1.96 bits per heavy atom. The highest BCUT2D eigenvalue weighted by Crippen LogP contribution is 2.29. The zero-order chi connectivity index (χ0) is 19.5. The fraction of sp³-hybridized carbons (Fsp3) is 0.429. The van der Waals surface area contributed by atoms with Crippen LogP contribution in [0.3, 0.4) is 0 Å². The van der Waals surface area contributed by atoms with Crippen LogP contribution < -0.4 is 10.2 Å². The van der Waals surface area contributed by atoms with Crippen molar-refractivity contribution in [3.05, 3.63) is 47.4 Å². The number of carbonyl (C=O) groups excluding carboxylic acids is 1. The van der Waals surface area contributed by atoms with Crippen molar-refractivity contribution >= 4 is 22.8 Å². The van der Waals surface area contributed by atoms with Crippen molar-refractivity contribution in [3.8, 4) is 0 Å². The number of fused-ring (bicyclic) bond motifs is 1. The summed E-state index contributed by atoms with van der Waals surface area (Å²) in [7, 11) is 0. The van der Waals surface area contributed by atoms with Gasteiger partial charge in [0.25, 0.3) is 5.71 Å². The van der Waals surface area contributed by atoms with Crippen LogP contribution in [0.5, 0.6) is 0 Å². The second kappa shape index (κ2) is 7.96. The minimum absolute atomic E-state index is 0.0171. The Bertz CT molecular complexity index is 964. The normalized spacial score (nSPS) is 15.1. The molecule has 0 radical (unpaired) electrons. The highest BCUT2D eigenvalue weighted by Gasteiger charge is 2.22. The minimum Gasteiger partial charge on any atom is -0.356 e. The molecule has 0 spiro atoms. The van der Waals surface area contributed by atoms with Crippen LogP contribution in [-0.4, -0.2) is 34.1 Å². The first-order valence-corrected chi connectivity index (χ1v) is 9.84. The number of rotatable bonds is 6. The molecule has 0 bridgehead atoms. The molecule has 1 aliphatic heterocycles. The van der Waals surface area contributed by atoms with E-state index in [1.165, 1.54) is 0 Å². The molecule has 1 N–H and O–H groups in total. The third-order valence-corrected chi connectivity index (χ3v) is 5.19. The number of nitrogens with zero attached hydrogens (tertiary/aromatic N) is 4. The molecule has 1 atom stereocenters. The first kappa shape index (κ1) is 18.4. The van der Waals surface area contributed by atoms with Crippen molar-refractivity contribution in [1.82, 2.24) is 20.4 Å². The van der Waals surface area contributed by atoms with Gasteiger partial charge in [0.2, 0.25) is 5.91 Å². The number of nitrogens with one attached hydrogen (secondary N) is 1. The summed E-state index contributed by atoms with van der Waals surface area (Å²) in [6, 6.07) is 9.90. The summed E-state index contributed by atoms with van der Waals surface area (Å²) >= 11 is 0. The Balaban J connectivity index is 1.46. The molecule has 0 unspecified atom stereocenters. The Morgan fingerprint density at radius 1 is 1.21 bits per heavy atom. The van der Waals surface area contributed by atoms with E-state index in [2.05, 4.69) is 20.4 Å². The molecule has 0 saturated carbocycles. The van der Waals surface area contributed by atoms with Crippen molar-refractivity contribution in [2.75, 3.05) is 18.0 Å². The Labute approximate surface area is 164 Å². The van der Waals surface area contributed by atoms with Crippen LogP contribution >= 0.6 is 0 Å². The van der Waals surface area contributed by atoms with Crippen LogP contribution in [0.25, 0.3) is 11.1 Å². The monoisotopic (exact) mass is 379 g/mol. The number of carbonyl (C=O) groups is 1. The molecule has 1 aliphatic rings. The molecule has 7 nitrogen and oxygen atoms in total. The van der Waals surface area contributed by atoms with Crippen molar-refractivity contribution < 1.29 is 9.32 Å². The zero-order valence-corrected chi connectivity index (χ0v) is 16.3. The van der Waals surface area contributed by atoms with E-state index in [-0.39, 0.29) is 11.9 Å². The largest absolute Gasteiger partial charge is 0.356 e. The van der Waals surface area contributed by atoms with E-state index in [1.807, 2.05) is 44.2 Å². The SMILES string of the molecule is Cc1noc2nc(CCC(=O)N[C@@H](C)c3ccccc3)nc(N3CCCC3)c12. The van der Waals surface area contributed by atoms with Crippen molar-refractivity contribution in [3.63, 3.8) is 0 Å². The number of aromatic nitrogens is 3. The van der Waals surface area contributed by atoms with Gasteiger partial charge in [-0.2, -0.15) is 4.98 Å². The maximum Gasteiger partial charge on any atom is 0.263 e. The molecule has 146 valence electrons. The van der Waals surface area contributed by atoms with Crippen LogP contribution in [0, 0.1) is 6.92 Å². The highest BCUT2D eigenvalue weighted by atomic mass is 16.5. The van der Waals surface area contributed by atoms with Gasteiger partial charge >= 0.3 is 0 Å². The first-order chi connectivity index (χ1) is 13.6. The van der Waals surface area contributed by atoms with Crippen molar-refractivity contribution in [2.45, 2.75) is 45.6 Å². The lowest BCUT2D eigenvalue weighted by Crippen LogP contribution is -2.27. The topological polar surface area (TPSA) is 84.1 Å². The molecule has 1 saturated heterocycles. The fourth-order valence-corrected chi connectivity index (χ4v) is 3.65. The summed E-state index contributed by atoms with van der Waals surface area (Å²) < 4.78 is 5.39. The van der Waals surface area contributed by atoms with Gasteiger partial charge in [0.1, 0.15) is 17.0 Å². The molecule has 3 heterocycles. The van der Waals surface area contributed by atoms with Crippen LogP contribution in [-0.2, 0) is 11.2 Å². The predicted octanol–water partition coefficient (Wildman–Crippen LogP) is 3.34. The zero-order valence-electron chi connectivity index (χ0n) is 16.3. The Morgan fingerprint density at radius 3 is 2.71 bits per heavy atom. The van der Waals surface area contributed by atoms with Crippen LogP contribution in [0.15, 0.2) is 34.9 Å². The summed E-state index contributed by atoms with van der Waals surface area (Å²) in [5.41, 5.74) is 2.39. The average Bonchev–Trinajstić information content (AvgIpc) is 3.37. The predicted molar refractivity (Wildman–Crippen MR) is 107 cm³/mol. The maximum absolute atomic E-state index is 12.4. The lowest BCUT2D eigenvalue weighted by molar-refractivity contribution is -0.121. The molecular weight excluding hydrogens is 354 g/mol. The molecule has 1 amide bonds. The second-order valence-corrected chi connectivity index (χ2v) is 7.31. The lowest BCUT2D eigenvalue weighted by Gasteiger charge is -2.18. The molecule has 1 fully saturated rings. The quantitative estimate of drug-likeness (QED) is 0.707. The van der Waals surface area contributed by atoms with Gasteiger partial charge in [-0.25, -0.2) is 4.98 Å². The molecule has 4 rings (SSSR count). The van der Waals surface area contributed by atoms with Gasteiger partial charge in [-0.05, 0) is 32.3 Å². The van der Waals surface area contributed by atoms with Gasteiger partial charge in [0, 0.05) is 25.9 Å². The van der Waals surface area contributed by atoms with E-state index < -0.39 is 0 Å². The van der Waals surface area contributed by atoms with Gasteiger partial charge in [-0.3, -0.25) is 4.79 Å². The summed E-state index contributed by atoms with van der Waals surface area (Å²) in [4.78, 5) is 23.9. The van der Waals surface area contributed by atoms with Crippen LogP contribution in [0.1, 0.15) is 49.3 Å². The third-order valence-electron chi connectivity index (χ3n) is 5.19. The standard InChI is InChI=1S/C21H25N5O2/c1-14(16-8-4-3-5-9-16)22-18(27)11-10-17-23-20(26-12-6-7-13-26)19-15(2)25-28-21(19)24-17/h3-5,8-9,14H,6-7,10-13H2,1-2H3,(H,22,27)/t14-/m0/s1. The number of hydrogen-bond donors (Lipinski definition) is 1. The second-order valence-electron chi connectivity index (χ2n) is 7.31. The van der Waals surface area contributed by atoms with Crippen molar-refractivity contribution in [1.29, 1.82) is 0 Å². The summed E-state index contributed by atoms with van der Waals surface area (Å²) in [6.07, 6.45) is 3.11. The summed E-state index contributed by atoms with van der Waals surface area (Å²) in [5, 5.41) is 7.97. The van der Waals surface area contributed by atoms with Crippen LogP contribution in [0.2, 0.25) is 0 Å². The number of aryl methyl sites for hydroxylation is 2. The van der Waals surface area contributed by atoms with Gasteiger partial charge in [-0.15, -0.1) is 0 Å². The Hall–Kier alpha value is -2.96. The third kappa shape index (κ3) is 3.83. The van der Waals surface area contributed by atoms with Crippen LogP contribution in [0.4, 0.5) is 5.82 Å². The Kier molecular flexibility index (Phi) is 5.23.